The molecule has 0 aromatic heterocycles. The van der Waals surface area contributed by atoms with E-state index >= 15 is 0 Å². The highest BCUT2D eigenvalue weighted by atomic mass is 127. The molecule has 4 heteroatoms. The van der Waals surface area contributed by atoms with Crippen molar-refractivity contribution in [2.24, 2.45) is 5.92 Å². The zero-order valence-electron chi connectivity index (χ0n) is 12.5. The summed E-state index contributed by atoms with van der Waals surface area (Å²) in [4.78, 5) is 14.6. The lowest BCUT2D eigenvalue weighted by Gasteiger charge is -2.32. The maximum absolute atomic E-state index is 12.1. The molecular weight excluding hydrogens is 375 g/mol. The normalized spacial score (nSPS) is 21.8. The van der Waals surface area contributed by atoms with E-state index in [-0.39, 0.29) is 11.9 Å². The summed E-state index contributed by atoms with van der Waals surface area (Å²) in [5.74, 6) is 0.748. The number of hydrogen-bond acceptors (Lipinski definition) is 3. The molecule has 0 radical (unpaired) electrons. The van der Waals surface area contributed by atoms with Crippen LogP contribution in [0.25, 0.3) is 0 Å². The van der Waals surface area contributed by atoms with Crippen LogP contribution in [-0.4, -0.2) is 16.8 Å². The Kier molecular flexibility index (Phi) is 4.24. The number of halogens is 1. The van der Waals surface area contributed by atoms with Crippen molar-refractivity contribution in [2.75, 3.05) is 0 Å². The second-order valence-corrected chi connectivity index (χ2v) is 7.44. The minimum Gasteiger partial charge on any atom is -0.361 e. The number of allylic oxidation sites excluding steroid dienone is 2. The number of carbonyl (C=O) groups is 1. The SMILES string of the molecule is CC(C)C1NC2=C(CCCC2=O)N1Cc1cccc(I)c1. The fraction of sp³-hybridized carbons (Fsp3) is 0.471. The summed E-state index contributed by atoms with van der Waals surface area (Å²) in [7, 11) is 0. The van der Waals surface area contributed by atoms with Gasteiger partial charge in [0.15, 0.2) is 5.78 Å². The first-order chi connectivity index (χ1) is 10.1. The molecule has 2 aliphatic rings. The van der Waals surface area contributed by atoms with Crippen LogP contribution in [0.4, 0.5) is 0 Å². The number of carbonyl (C=O) groups excluding carboxylic acids is 1. The molecule has 1 aromatic rings. The van der Waals surface area contributed by atoms with Crippen LogP contribution in [0.1, 0.15) is 38.7 Å². The monoisotopic (exact) mass is 396 g/mol. The second-order valence-electron chi connectivity index (χ2n) is 6.19. The highest BCUT2D eigenvalue weighted by molar-refractivity contribution is 14.1. The first-order valence-corrected chi connectivity index (χ1v) is 8.68. The molecule has 1 atom stereocenters. The molecule has 0 spiro atoms. The second kappa shape index (κ2) is 5.99. The van der Waals surface area contributed by atoms with E-state index in [0.29, 0.717) is 12.3 Å². The number of rotatable bonds is 3. The van der Waals surface area contributed by atoms with Crippen LogP contribution in [0.3, 0.4) is 0 Å². The molecule has 0 amide bonds. The highest BCUT2D eigenvalue weighted by Gasteiger charge is 2.37. The molecule has 112 valence electrons. The van der Waals surface area contributed by atoms with Crippen molar-refractivity contribution < 1.29 is 4.79 Å². The van der Waals surface area contributed by atoms with Crippen LogP contribution in [0.15, 0.2) is 35.7 Å². The van der Waals surface area contributed by atoms with Crippen molar-refractivity contribution in [1.29, 1.82) is 0 Å². The first kappa shape index (κ1) is 14.9. The number of Topliss-reactive ketones (excluding diaryl/α,β-unsaturated/α-hetero) is 1. The van der Waals surface area contributed by atoms with Crippen LogP contribution >= 0.6 is 22.6 Å². The average molecular weight is 396 g/mol. The highest BCUT2D eigenvalue weighted by Crippen LogP contribution is 2.34. The minimum atomic E-state index is 0.231. The molecule has 0 saturated heterocycles. The number of nitrogens with zero attached hydrogens (tertiary/aromatic N) is 1. The van der Waals surface area contributed by atoms with Crippen molar-refractivity contribution in [2.45, 2.75) is 45.8 Å². The van der Waals surface area contributed by atoms with Crippen molar-refractivity contribution in [3.8, 4) is 0 Å². The summed E-state index contributed by atoms with van der Waals surface area (Å²) in [6.45, 7) is 5.30. The van der Waals surface area contributed by atoms with Gasteiger partial charge in [0.05, 0.1) is 5.70 Å². The van der Waals surface area contributed by atoms with Crippen molar-refractivity contribution in [3.05, 3.63) is 44.8 Å². The number of hydrogen-bond donors (Lipinski definition) is 1. The average Bonchev–Trinajstić information content (AvgIpc) is 2.80. The standard InChI is InChI=1S/C17H21IN2O/c1-11(2)17-19-16-14(7-4-8-15(16)21)20(17)10-12-5-3-6-13(18)9-12/h3,5-6,9,11,17,19H,4,7-8,10H2,1-2H3. The van der Waals surface area contributed by atoms with E-state index < -0.39 is 0 Å². The van der Waals surface area contributed by atoms with E-state index in [1.165, 1.54) is 14.8 Å². The summed E-state index contributed by atoms with van der Waals surface area (Å²) in [6.07, 6.45) is 2.91. The van der Waals surface area contributed by atoms with Gasteiger partial charge in [0.25, 0.3) is 0 Å². The molecule has 21 heavy (non-hydrogen) atoms. The Morgan fingerprint density at radius 1 is 1.38 bits per heavy atom. The predicted octanol–water partition coefficient (Wildman–Crippen LogP) is 3.64. The first-order valence-electron chi connectivity index (χ1n) is 7.60. The van der Waals surface area contributed by atoms with Crippen molar-refractivity contribution in [3.63, 3.8) is 0 Å². The largest absolute Gasteiger partial charge is 0.361 e. The van der Waals surface area contributed by atoms with E-state index in [0.717, 1.165) is 25.1 Å². The molecule has 1 heterocycles. The lowest BCUT2D eigenvalue weighted by Crippen LogP contribution is -2.41. The van der Waals surface area contributed by atoms with Gasteiger partial charge in [-0.25, -0.2) is 0 Å². The van der Waals surface area contributed by atoms with Gasteiger partial charge in [0.1, 0.15) is 6.17 Å². The molecular formula is C17H21IN2O. The molecule has 3 nitrogen and oxygen atoms in total. The Bertz CT molecular complexity index is 594. The third-order valence-electron chi connectivity index (χ3n) is 4.23. The number of ketones is 1. The Morgan fingerprint density at radius 3 is 2.90 bits per heavy atom. The van der Waals surface area contributed by atoms with Gasteiger partial charge in [-0.1, -0.05) is 26.0 Å². The topological polar surface area (TPSA) is 32.3 Å². The van der Waals surface area contributed by atoms with E-state index in [1.54, 1.807) is 0 Å². The van der Waals surface area contributed by atoms with Gasteiger partial charge in [-0.2, -0.15) is 0 Å². The van der Waals surface area contributed by atoms with Crippen molar-refractivity contribution in [1.82, 2.24) is 10.2 Å². The van der Waals surface area contributed by atoms with Crippen LogP contribution in [0.2, 0.25) is 0 Å². The van der Waals surface area contributed by atoms with E-state index in [9.17, 15) is 4.79 Å². The molecule has 1 aromatic carbocycles. The van der Waals surface area contributed by atoms with E-state index in [4.69, 9.17) is 0 Å². The fourth-order valence-electron chi connectivity index (χ4n) is 3.22. The zero-order valence-corrected chi connectivity index (χ0v) is 14.7. The Balaban J connectivity index is 1.90. The molecule has 1 aliphatic carbocycles. The van der Waals surface area contributed by atoms with Gasteiger partial charge in [-0.05, 0) is 59.0 Å². The predicted molar refractivity (Wildman–Crippen MR) is 92.3 cm³/mol. The van der Waals surface area contributed by atoms with Crippen LogP contribution in [-0.2, 0) is 11.3 Å². The third-order valence-corrected chi connectivity index (χ3v) is 4.90. The smallest absolute Gasteiger partial charge is 0.180 e. The quantitative estimate of drug-likeness (QED) is 0.792. The lowest BCUT2D eigenvalue weighted by atomic mass is 10.00. The molecule has 1 aliphatic heterocycles. The molecule has 0 bridgehead atoms. The lowest BCUT2D eigenvalue weighted by molar-refractivity contribution is -0.116. The Morgan fingerprint density at radius 2 is 2.19 bits per heavy atom. The third kappa shape index (κ3) is 2.96. The molecule has 1 unspecified atom stereocenters. The van der Waals surface area contributed by atoms with E-state index in [2.05, 4.69) is 70.9 Å². The Labute approximate surface area is 139 Å². The van der Waals surface area contributed by atoms with Crippen molar-refractivity contribution >= 4 is 28.4 Å². The maximum atomic E-state index is 12.1. The summed E-state index contributed by atoms with van der Waals surface area (Å²) < 4.78 is 1.26. The van der Waals surface area contributed by atoms with Gasteiger partial charge in [0.2, 0.25) is 0 Å². The molecule has 0 saturated carbocycles. The van der Waals surface area contributed by atoms with Crippen LogP contribution in [0.5, 0.6) is 0 Å². The summed E-state index contributed by atoms with van der Waals surface area (Å²) in [5.41, 5.74) is 3.41. The van der Waals surface area contributed by atoms with Gasteiger partial charge in [-0.3, -0.25) is 4.79 Å². The van der Waals surface area contributed by atoms with Gasteiger partial charge >= 0.3 is 0 Å². The van der Waals surface area contributed by atoms with Gasteiger partial charge in [-0.15, -0.1) is 0 Å². The summed E-state index contributed by atoms with van der Waals surface area (Å²) in [5, 5.41) is 3.48. The number of benzene rings is 1. The zero-order chi connectivity index (χ0) is 15.0. The molecule has 3 rings (SSSR count). The van der Waals surface area contributed by atoms with E-state index in [1.807, 2.05) is 0 Å². The van der Waals surface area contributed by atoms with Crippen LogP contribution in [0, 0.1) is 9.49 Å². The van der Waals surface area contributed by atoms with Gasteiger partial charge in [0, 0.05) is 22.2 Å². The summed E-state index contributed by atoms with van der Waals surface area (Å²) >= 11 is 2.35. The molecule has 0 fully saturated rings. The summed E-state index contributed by atoms with van der Waals surface area (Å²) in [6, 6.07) is 8.61. The van der Waals surface area contributed by atoms with Crippen LogP contribution < -0.4 is 5.32 Å². The number of nitrogens with one attached hydrogen (secondary N) is 1. The minimum absolute atomic E-state index is 0.231. The Hall–Kier alpha value is -1.04. The van der Waals surface area contributed by atoms with Gasteiger partial charge < -0.3 is 10.2 Å². The fourth-order valence-corrected chi connectivity index (χ4v) is 3.83. The maximum Gasteiger partial charge on any atom is 0.180 e. The molecule has 1 N–H and O–H groups in total.